The van der Waals surface area contributed by atoms with E-state index in [1.807, 2.05) is 18.2 Å². The molecule has 2 rings (SSSR count). The Balaban J connectivity index is 1.84. The number of carboxylic acid groups (broad SMARTS) is 1. The fourth-order valence-electron chi connectivity index (χ4n) is 2.64. The van der Waals surface area contributed by atoms with E-state index in [0.717, 1.165) is 10.0 Å². The standard InChI is InChI=1S/C18H23N3O5S2/c22-15(10-13-27-28-14-6-3-4-11-19-14)20(12-5-1-2-7-18(25)26)21-16(23)8-9-17(21)24/h3-4,6,11H,1-2,5,7-10,12-13H2,(H,25,26). The van der Waals surface area contributed by atoms with Crippen LogP contribution < -0.4 is 0 Å². The van der Waals surface area contributed by atoms with Crippen LogP contribution in [0.1, 0.15) is 44.9 Å². The van der Waals surface area contributed by atoms with E-state index in [4.69, 9.17) is 5.11 Å². The van der Waals surface area contributed by atoms with E-state index in [2.05, 4.69) is 4.98 Å². The first-order valence-corrected chi connectivity index (χ1v) is 11.4. The van der Waals surface area contributed by atoms with Gasteiger partial charge in [0, 0.05) is 44.2 Å². The van der Waals surface area contributed by atoms with Crippen LogP contribution in [0.5, 0.6) is 0 Å². The lowest BCUT2D eigenvalue weighted by molar-refractivity contribution is -0.168. The van der Waals surface area contributed by atoms with Crippen molar-refractivity contribution < 1.29 is 24.3 Å². The number of unbranched alkanes of at least 4 members (excludes halogenated alkanes) is 2. The molecule has 0 saturated carbocycles. The predicted octanol–water partition coefficient (Wildman–Crippen LogP) is 2.75. The highest BCUT2D eigenvalue weighted by molar-refractivity contribution is 8.76. The molecule has 10 heteroatoms. The smallest absolute Gasteiger partial charge is 0.303 e. The number of carboxylic acids is 1. The summed E-state index contributed by atoms with van der Waals surface area (Å²) in [6.45, 7) is 0.230. The van der Waals surface area contributed by atoms with Crippen molar-refractivity contribution in [2.45, 2.75) is 50.0 Å². The van der Waals surface area contributed by atoms with Gasteiger partial charge in [-0.3, -0.25) is 19.2 Å². The third kappa shape index (κ3) is 7.16. The summed E-state index contributed by atoms with van der Waals surface area (Å²) in [6.07, 6.45) is 3.83. The SMILES string of the molecule is O=C(O)CCCCCN(C(=O)CCSSc1ccccn1)N1C(=O)CCC1=O. The molecule has 28 heavy (non-hydrogen) atoms. The first-order chi connectivity index (χ1) is 13.5. The van der Waals surface area contributed by atoms with E-state index in [0.29, 0.717) is 25.0 Å². The largest absolute Gasteiger partial charge is 0.481 e. The summed E-state index contributed by atoms with van der Waals surface area (Å²) in [5, 5.41) is 11.7. The minimum atomic E-state index is -0.861. The number of aromatic nitrogens is 1. The van der Waals surface area contributed by atoms with Crippen LogP contribution in [0, 0.1) is 0 Å². The van der Waals surface area contributed by atoms with Crippen LogP contribution >= 0.6 is 21.6 Å². The quantitative estimate of drug-likeness (QED) is 0.309. The lowest BCUT2D eigenvalue weighted by atomic mass is 10.2. The van der Waals surface area contributed by atoms with E-state index in [9.17, 15) is 19.2 Å². The predicted molar refractivity (Wildman–Crippen MR) is 106 cm³/mol. The molecule has 1 aliphatic heterocycles. The molecule has 3 amide bonds. The molecular weight excluding hydrogens is 402 g/mol. The molecule has 0 aromatic carbocycles. The molecule has 1 aliphatic rings. The van der Waals surface area contributed by atoms with Crippen LogP contribution in [0.15, 0.2) is 29.4 Å². The lowest BCUT2D eigenvalue weighted by Crippen LogP contribution is -2.49. The van der Waals surface area contributed by atoms with Crippen molar-refractivity contribution >= 4 is 45.3 Å². The zero-order valence-corrected chi connectivity index (χ0v) is 17.0. The van der Waals surface area contributed by atoms with Crippen molar-refractivity contribution in [1.82, 2.24) is 15.0 Å². The Bertz CT molecular complexity index is 686. The van der Waals surface area contributed by atoms with Crippen molar-refractivity contribution in [3.8, 4) is 0 Å². The number of carbonyl (C=O) groups is 4. The highest BCUT2D eigenvalue weighted by Crippen LogP contribution is 2.29. The second-order valence-corrected chi connectivity index (χ2v) is 8.58. The Kier molecular flexibility index (Phi) is 9.29. The molecule has 0 spiro atoms. The molecule has 2 heterocycles. The third-order valence-corrected chi connectivity index (χ3v) is 6.26. The average molecular weight is 426 g/mol. The van der Waals surface area contributed by atoms with Crippen LogP contribution in [0.25, 0.3) is 0 Å². The maximum atomic E-state index is 12.7. The first-order valence-electron chi connectivity index (χ1n) is 9.07. The van der Waals surface area contributed by atoms with Gasteiger partial charge in [0.15, 0.2) is 0 Å². The van der Waals surface area contributed by atoms with Gasteiger partial charge in [-0.25, -0.2) is 9.99 Å². The minimum Gasteiger partial charge on any atom is -0.481 e. The molecule has 0 bridgehead atoms. The lowest BCUT2D eigenvalue weighted by Gasteiger charge is -2.30. The molecule has 1 aromatic rings. The molecular formula is C18H23N3O5S2. The number of aliphatic carboxylic acids is 1. The molecule has 0 radical (unpaired) electrons. The van der Waals surface area contributed by atoms with E-state index in [1.54, 1.807) is 6.20 Å². The number of rotatable bonds is 12. The van der Waals surface area contributed by atoms with Gasteiger partial charge in [0.2, 0.25) is 17.7 Å². The summed E-state index contributed by atoms with van der Waals surface area (Å²) < 4.78 is 0. The van der Waals surface area contributed by atoms with Gasteiger partial charge in [0.05, 0.1) is 0 Å². The maximum absolute atomic E-state index is 12.7. The second-order valence-electron chi connectivity index (χ2n) is 6.14. The van der Waals surface area contributed by atoms with Gasteiger partial charge in [0.25, 0.3) is 0 Å². The van der Waals surface area contributed by atoms with Gasteiger partial charge >= 0.3 is 5.97 Å². The van der Waals surface area contributed by atoms with E-state index in [-0.39, 0.29) is 49.9 Å². The summed E-state index contributed by atoms with van der Waals surface area (Å²) in [5.74, 6) is -1.35. The normalized spacial score (nSPS) is 13.8. The molecule has 0 aliphatic carbocycles. The van der Waals surface area contributed by atoms with Crippen LogP contribution in [0.2, 0.25) is 0 Å². The molecule has 0 unspecified atom stereocenters. The number of hydrogen-bond acceptors (Lipinski definition) is 7. The number of pyridine rings is 1. The van der Waals surface area contributed by atoms with Crippen molar-refractivity contribution in [2.75, 3.05) is 12.3 Å². The van der Waals surface area contributed by atoms with Gasteiger partial charge < -0.3 is 5.11 Å². The molecule has 0 atom stereocenters. The number of amides is 3. The average Bonchev–Trinajstić information content (AvgIpc) is 3.00. The Hall–Kier alpha value is -2.07. The fraction of sp³-hybridized carbons (Fsp3) is 0.500. The summed E-state index contributed by atoms with van der Waals surface area (Å²) in [7, 11) is 2.95. The summed E-state index contributed by atoms with van der Waals surface area (Å²) >= 11 is 0. The zero-order valence-electron chi connectivity index (χ0n) is 15.4. The highest BCUT2D eigenvalue weighted by atomic mass is 33.1. The van der Waals surface area contributed by atoms with E-state index < -0.39 is 5.97 Å². The van der Waals surface area contributed by atoms with Gasteiger partial charge in [-0.2, -0.15) is 5.01 Å². The Morgan fingerprint density at radius 3 is 2.50 bits per heavy atom. The van der Waals surface area contributed by atoms with Crippen LogP contribution in [-0.2, 0) is 19.2 Å². The Labute approximate surface area is 171 Å². The third-order valence-electron chi connectivity index (χ3n) is 4.00. The van der Waals surface area contributed by atoms with Crippen molar-refractivity contribution in [1.29, 1.82) is 0 Å². The van der Waals surface area contributed by atoms with Gasteiger partial charge in [-0.05, 0) is 35.8 Å². The highest BCUT2D eigenvalue weighted by Gasteiger charge is 2.36. The molecule has 152 valence electrons. The second kappa shape index (κ2) is 11.7. The number of imide groups is 1. The molecule has 1 fully saturated rings. The molecule has 1 saturated heterocycles. The van der Waals surface area contributed by atoms with Crippen molar-refractivity contribution in [3.63, 3.8) is 0 Å². The topological polar surface area (TPSA) is 108 Å². The summed E-state index contributed by atoms with van der Waals surface area (Å²) in [6, 6.07) is 5.60. The number of hydrazine groups is 1. The molecule has 1 aromatic heterocycles. The molecule has 1 N–H and O–H groups in total. The van der Waals surface area contributed by atoms with Crippen molar-refractivity contribution in [2.24, 2.45) is 0 Å². The first kappa shape index (κ1) is 22.2. The monoisotopic (exact) mass is 425 g/mol. The summed E-state index contributed by atoms with van der Waals surface area (Å²) in [4.78, 5) is 51.5. The van der Waals surface area contributed by atoms with E-state index >= 15 is 0 Å². The number of hydrogen-bond donors (Lipinski definition) is 1. The summed E-state index contributed by atoms with van der Waals surface area (Å²) in [5.41, 5.74) is 0. The van der Waals surface area contributed by atoms with Crippen molar-refractivity contribution in [3.05, 3.63) is 24.4 Å². The van der Waals surface area contributed by atoms with Crippen LogP contribution in [0.3, 0.4) is 0 Å². The van der Waals surface area contributed by atoms with Gasteiger partial charge in [-0.1, -0.05) is 23.3 Å². The van der Waals surface area contributed by atoms with Gasteiger partial charge in [-0.15, -0.1) is 0 Å². The van der Waals surface area contributed by atoms with E-state index in [1.165, 1.54) is 26.6 Å². The molecule has 8 nitrogen and oxygen atoms in total. The Morgan fingerprint density at radius 1 is 1.11 bits per heavy atom. The minimum absolute atomic E-state index is 0.0664. The van der Waals surface area contributed by atoms with Crippen LogP contribution in [-0.4, -0.2) is 56.1 Å². The number of nitrogens with zero attached hydrogens (tertiary/aromatic N) is 3. The van der Waals surface area contributed by atoms with Crippen LogP contribution in [0.4, 0.5) is 0 Å². The maximum Gasteiger partial charge on any atom is 0.303 e. The van der Waals surface area contributed by atoms with Gasteiger partial charge in [0.1, 0.15) is 5.03 Å². The zero-order chi connectivity index (χ0) is 20.4. The Morgan fingerprint density at radius 2 is 1.86 bits per heavy atom. The number of carbonyl (C=O) groups excluding carboxylic acids is 3. The fourth-order valence-corrected chi connectivity index (χ4v) is 4.50.